The summed E-state index contributed by atoms with van der Waals surface area (Å²) in [6.45, 7) is 11.3. The molecule has 1 saturated carbocycles. The summed E-state index contributed by atoms with van der Waals surface area (Å²) in [4.78, 5) is 46.3. The molecule has 6 atom stereocenters. The van der Waals surface area contributed by atoms with Gasteiger partial charge in [0.15, 0.2) is 0 Å². The zero-order valence-electron chi connectivity index (χ0n) is 40.9. The van der Waals surface area contributed by atoms with Crippen molar-refractivity contribution in [3.05, 3.63) is 88.0 Å². The van der Waals surface area contributed by atoms with Crippen LogP contribution in [0.5, 0.6) is 11.5 Å². The molecule has 2 amide bonds. The van der Waals surface area contributed by atoms with E-state index in [4.69, 9.17) is 28.9 Å². The first-order valence-corrected chi connectivity index (χ1v) is 25.5. The predicted octanol–water partition coefficient (Wildman–Crippen LogP) is 11.3. The highest BCUT2D eigenvalue weighted by molar-refractivity contribution is 6.03. The fourth-order valence-corrected chi connectivity index (χ4v) is 10.3. The summed E-state index contributed by atoms with van der Waals surface area (Å²) in [5, 5.41) is 38.9. The highest BCUT2D eigenvalue weighted by Crippen LogP contribution is 2.62. The Morgan fingerprint density at radius 2 is 1.62 bits per heavy atom. The lowest BCUT2D eigenvalue weighted by Crippen LogP contribution is -2.70. The van der Waals surface area contributed by atoms with Crippen LogP contribution in [0.2, 0.25) is 0 Å². The summed E-state index contributed by atoms with van der Waals surface area (Å²) in [5.41, 5.74) is 2.94. The number of allylic oxidation sites excluding steroid dienone is 1. The number of hydrogen-bond acceptors (Lipinski definition) is 12. The molecule has 0 saturated heterocycles. The Labute approximate surface area is 403 Å². The third kappa shape index (κ3) is 14.5. The molecule has 0 unspecified atom stereocenters. The number of hydrogen-bond donors (Lipinski definition) is 3. The normalized spacial score (nSPS) is 22.0. The number of non-ortho nitro benzene ring substituents is 1. The van der Waals surface area contributed by atoms with E-state index >= 15 is 0 Å². The molecule has 0 radical (unpaired) electrons. The maximum absolute atomic E-state index is 14.6. The average molecular weight is 947 g/mol. The van der Waals surface area contributed by atoms with E-state index in [0.29, 0.717) is 55.1 Å². The smallest absolute Gasteiger partial charge is 0.412 e. The van der Waals surface area contributed by atoms with Crippen molar-refractivity contribution in [3.8, 4) is 11.5 Å². The molecule has 2 aliphatic carbocycles. The van der Waals surface area contributed by atoms with Crippen LogP contribution in [0, 0.1) is 27.9 Å². The molecule has 376 valence electrons. The van der Waals surface area contributed by atoms with Gasteiger partial charge in [-0.3, -0.25) is 15.0 Å². The first-order valence-electron chi connectivity index (χ1n) is 25.5. The molecule has 1 aliphatic heterocycles. The minimum absolute atomic E-state index is 0.0123. The van der Waals surface area contributed by atoms with Gasteiger partial charge in [0, 0.05) is 56.3 Å². The first kappa shape index (κ1) is 54.0. The van der Waals surface area contributed by atoms with Gasteiger partial charge in [-0.1, -0.05) is 102 Å². The van der Waals surface area contributed by atoms with Gasteiger partial charge >= 0.3 is 12.2 Å². The topological polar surface area (TPSA) is 192 Å². The van der Waals surface area contributed by atoms with Crippen molar-refractivity contribution in [3.63, 3.8) is 0 Å². The van der Waals surface area contributed by atoms with Crippen molar-refractivity contribution in [1.82, 2.24) is 10.2 Å². The maximum Gasteiger partial charge on any atom is 0.412 e. The van der Waals surface area contributed by atoms with Crippen molar-refractivity contribution >= 4 is 23.6 Å². The lowest BCUT2D eigenvalue weighted by Gasteiger charge is -2.59. The van der Waals surface area contributed by atoms with Gasteiger partial charge in [-0.05, 0) is 98.8 Å². The number of benzene rings is 2. The molecular weight excluding hydrogens is 869 g/mol. The number of nitrogens with zero attached hydrogens (tertiary/aromatic N) is 3. The van der Waals surface area contributed by atoms with Crippen LogP contribution >= 0.6 is 0 Å². The van der Waals surface area contributed by atoms with E-state index in [9.17, 15) is 29.9 Å². The molecule has 0 bridgehead atoms. The summed E-state index contributed by atoms with van der Waals surface area (Å²) in [6.07, 6.45) is 19.5. The summed E-state index contributed by atoms with van der Waals surface area (Å²) in [7, 11) is 0. The molecule has 2 aromatic carbocycles. The number of fused-ring (bicyclic) bond motifs is 2. The van der Waals surface area contributed by atoms with Gasteiger partial charge in [-0.2, -0.15) is 0 Å². The highest BCUT2D eigenvalue weighted by atomic mass is 16.7. The van der Waals surface area contributed by atoms with Crippen LogP contribution in [0.1, 0.15) is 153 Å². The lowest BCUT2D eigenvalue weighted by molar-refractivity contribution is -0.384. The number of nitro groups is 1. The Morgan fingerprint density at radius 3 is 2.26 bits per heavy atom. The number of nitro benzene ring substituents is 1. The molecule has 3 aliphatic rings. The van der Waals surface area contributed by atoms with Gasteiger partial charge in [0.25, 0.3) is 5.69 Å². The SMILES string of the molecule is C=CCO[C@@]12Oc3ccc(OC(=O)NCC)cc3[C@H]3[C@H](CCCCO)[C@@H](CCCCO)C=C(C(=NOCc4ccc([N+](=O)[O-])cc4)C[C@@H]1N(CCC)C(=O)OCCCCCCCCCCCC)[C@H]32. The number of carbonyl (C=O) groups excluding carboxylic acids is 2. The molecule has 1 fully saturated rings. The summed E-state index contributed by atoms with van der Waals surface area (Å²) < 4.78 is 26.3. The van der Waals surface area contributed by atoms with Crippen LogP contribution in [0.4, 0.5) is 15.3 Å². The van der Waals surface area contributed by atoms with E-state index in [2.05, 4.69) is 24.9 Å². The molecule has 2 aromatic rings. The molecule has 68 heavy (non-hydrogen) atoms. The average Bonchev–Trinajstić information content (AvgIpc) is 3.33. The Balaban J connectivity index is 1.60. The number of aliphatic hydroxyl groups excluding tert-OH is 2. The second-order valence-electron chi connectivity index (χ2n) is 18.4. The number of carbonyl (C=O) groups is 2. The van der Waals surface area contributed by atoms with E-state index in [-0.39, 0.29) is 62.9 Å². The molecule has 5 rings (SSSR count). The standard InChI is InChI=1S/C53H78N4O11/c1-5-9-10-11-12-13-14-15-16-21-34-64-52(61)56(30-6-2)48-37-46(55-66-38-39-24-26-41(27-25-39)57(62)63)44-35-40(22-17-19-31-58)43(23-18-20-32-59)49-45-36-42(67-51(60)54-8-4)28-29-47(45)68-53(48,50(44)49)65-33-7-3/h7,24-29,35-36,40,43,48-50,58-59H,3,5-6,8-23,30-34,37-38H2,1-2,4H3,(H,54,60)/t40-,43+,48-,49+,50+,53+/m0/s1. The summed E-state index contributed by atoms with van der Waals surface area (Å²) in [6, 6.07) is 10.8. The van der Waals surface area contributed by atoms with Gasteiger partial charge in [0.05, 0.1) is 29.8 Å². The molecular formula is C53H78N4O11. The molecule has 0 aromatic heterocycles. The number of oxime groups is 1. The van der Waals surface area contributed by atoms with Gasteiger partial charge in [0.1, 0.15) is 24.1 Å². The van der Waals surface area contributed by atoms with E-state index in [1.807, 2.05) is 26.0 Å². The molecule has 1 heterocycles. The van der Waals surface area contributed by atoms with Crippen LogP contribution in [-0.2, 0) is 20.9 Å². The monoisotopic (exact) mass is 947 g/mol. The minimum atomic E-state index is -1.48. The van der Waals surface area contributed by atoms with Crippen LogP contribution in [0.3, 0.4) is 0 Å². The third-order valence-electron chi connectivity index (χ3n) is 13.5. The van der Waals surface area contributed by atoms with Crippen molar-refractivity contribution in [1.29, 1.82) is 0 Å². The number of amides is 2. The largest absolute Gasteiger partial charge is 0.459 e. The maximum atomic E-state index is 14.6. The predicted molar refractivity (Wildman–Crippen MR) is 263 cm³/mol. The first-order chi connectivity index (χ1) is 33.2. The Morgan fingerprint density at radius 1 is 0.926 bits per heavy atom. The Hall–Kier alpha value is -4.99. The van der Waals surface area contributed by atoms with E-state index in [0.717, 1.165) is 56.1 Å². The van der Waals surface area contributed by atoms with Crippen molar-refractivity contribution in [2.45, 2.75) is 161 Å². The van der Waals surface area contributed by atoms with Crippen molar-refractivity contribution in [2.24, 2.45) is 22.9 Å². The molecule has 3 N–H and O–H groups in total. The van der Waals surface area contributed by atoms with Crippen LogP contribution in [0.25, 0.3) is 0 Å². The van der Waals surface area contributed by atoms with Crippen LogP contribution < -0.4 is 14.8 Å². The fraction of sp³-hybridized carbons (Fsp3) is 0.642. The zero-order valence-corrected chi connectivity index (χ0v) is 40.9. The van der Waals surface area contributed by atoms with Gasteiger partial charge < -0.3 is 39.3 Å². The molecule has 15 nitrogen and oxygen atoms in total. The zero-order chi connectivity index (χ0) is 48.7. The number of unbranched alkanes of at least 4 members (excludes halogenated alkanes) is 11. The van der Waals surface area contributed by atoms with E-state index in [1.54, 1.807) is 29.2 Å². The van der Waals surface area contributed by atoms with Crippen LogP contribution in [0.15, 0.2) is 71.9 Å². The van der Waals surface area contributed by atoms with E-state index < -0.39 is 34.9 Å². The summed E-state index contributed by atoms with van der Waals surface area (Å²) >= 11 is 0. The number of nitrogens with one attached hydrogen (secondary N) is 1. The third-order valence-corrected chi connectivity index (χ3v) is 13.5. The summed E-state index contributed by atoms with van der Waals surface area (Å²) in [5.74, 6) is -1.54. The Kier molecular flexibility index (Phi) is 22.6. The number of ether oxygens (including phenoxy) is 4. The lowest BCUT2D eigenvalue weighted by atomic mass is 9.55. The van der Waals surface area contributed by atoms with Crippen LogP contribution in [-0.4, -0.2) is 89.3 Å². The molecule has 0 spiro atoms. The molecule has 15 heteroatoms. The van der Waals surface area contributed by atoms with Gasteiger partial charge in [-0.25, -0.2) is 9.59 Å². The number of rotatable bonds is 31. The number of aliphatic hydroxyl groups is 2. The van der Waals surface area contributed by atoms with Gasteiger partial charge in [-0.15, -0.1) is 6.58 Å². The fourth-order valence-electron chi connectivity index (χ4n) is 10.3. The van der Waals surface area contributed by atoms with Crippen molar-refractivity contribution < 1.29 is 48.5 Å². The van der Waals surface area contributed by atoms with Gasteiger partial charge in [0.2, 0.25) is 5.79 Å². The quantitative estimate of drug-likeness (QED) is 0.0282. The second-order valence-corrected chi connectivity index (χ2v) is 18.4. The highest BCUT2D eigenvalue weighted by Gasteiger charge is 2.65. The van der Waals surface area contributed by atoms with E-state index in [1.165, 1.54) is 57.1 Å². The minimum Gasteiger partial charge on any atom is -0.459 e. The van der Waals surface area contributed by atoms with Crippen molar-refractivity contribution in [2.75, 3.05) is 39.5 Å². The Bertz CT molecular complexity index is 1960. The second kappa shape index (κ2) is 28.5.